The summed E-state index contributed by atoms with van der Waals surface area (Å²) in [4.78, 5) is 22.7. The summed E-state index contributed by atoms with van der Waals surface area (Å²) in [6.45, 7) is 1.27. The molecule has 1 aromatic rings. The largest absolute Gasteiger partial charge is 0.480 e. The maximum atomic E-state index is 11.8. The van der Waals surface area contributed by atoms with Crippen LogP contribution in [0.15, 0.2) is 6.07 Å². The molecule has 6 nitrogen and oxygen atoms in total. The minimum absolute atomic E-state index is 0.108. The number of hydrogen-bond donors (Lipinski definition) is 3. The van der Waals surface area contributed by atoms with Gasteiger partial charge < -0.3 is 20.1 Å². The van der Waals surface area contributed by atoms with Gasteiger partial charge in [0.25, 0.3) is 5.91 Å². The SMILES string of the molecule is CC(O)C(NC(=O)c1cc(Cl)c(Cl)n1C)C(=O)O. The summed E-state index contributed by atoms with van der Waals surface area (Å²) in [5.41, 5.74) is 0.108. The van der Waals surface area contributed by atoms with Crippen LogP contribution in [0.2, 0.25) is 10.2 Å². The molecule has 1 amide bonds. The van der Waals surface area contributed by atoms with Crippen molar-refractivity contribution in [1.29, 1.82) is 0 Å². The van der Waals surface area contributed by atoms with E-state index in [1.165, 1.54) is 24.6 Å². The van der Waals surface area contributed by atoms with Crippen LogP contribution < -0.4 is 5.32 Å². The van der Waals surface area contributed by atoms with E-state index in [0.29, 0.717) is 0 Å². The minimum atomic E-state index is -1.40. The molecule has 18 heavy (non-hydrogen) atoms. The van der Waals surface area contributed by atoms with Gasteiger partial charge in [-0.15, -0.1) is 0 Å². The van der Waals surface area contributed by atoms with Crippen LogP contribution in [0.4, 0.5) is 0 Å². The van der Waals surface area contributed by atoms with Crippen LogP contribution in [-0.4, -0.2) is 38.8 Å². The molecule has 3 N–H and O–H groups in total. The summed E-state index contributed by atoms with van der Waals surface area (Å²) in [7, 11) is 1.52. The summed E-state index contributed by atoms with van der Waals surface area (Å²) in [6.07, 6.45) is -1.22. The Morgan fingerprint density at radius 2 is 2.00 bits per heavy atom. The topological polar surface area (TPSA) is 91.6 Å². The van der Waals surface area contributed by atoms with Gasteiger partial charge in [-0.3, -0.25) is 4.79 Å². The van der Waals surface area contributed by atoms with Crippen molar-refractivity contribution in [2.45, 2.75) is 19.1 Å². The summed E-state index contributed by atoms with van der Waals surface area (Å²) in [5.74, 6) is -2.01. The number of carbonyl (C=O) groups is 2. The first-order chi connectivity index (χ1) is 8.25. The molecule has 0 aromatic carbocycles. The van der Waals surface area contributed by atoms with Crippen LogP contribution in [-0.2, 0) is 11.8 Å². The number of aliphatic carboxylic acids is 1. The van der Waals surface area contributed by atoms with Crippen molar-refractivity contribution < 1.29 is 19.8 Å². The number of halogens is 2. The maximum absolute atomic E-state index is 11.8. The smallest absolute Gasteiger partial charge is 0.328 e. The normalized spacial score (nSPS) is 14.1. The third-order valence-electron chi connectivity index (χ3n) is 2.38. The summed E-state index contributed by atoms with van der Waals surface area (Å²) >= 11 is 11.5. The number of amides is 1. The molecule has 2 unspecified atom stereocenters. The van der Waals surface area contributed by atoms with Crippen LogP contribution in [0, 0.1) is 0 Å². The number of aliphatic hydroxyl groups is 1. The molecule has 0 aliphatic heterocycles. The molecule has 0 aliphatic rings. The second-order valence-corrected chi connectivity index (χ2v) is 4.52. The molecule has 2 atom stereocenters. The summed E-state index contributed by atoms with van der Waals surface area (Å²) in [5, 5.41) is 20.6. The van der Waals surface area contributed by atoms with Crippen molar-refractivity contribution in [3.63, 3.8) is 0 Å². The molecule has 1 aromatic heterocycles. The van der Waals surface area contributed by atoms with Gasteiger partial charge >= 0.3 is 5.97 Å². The average molecular weight is 295 g/mol. The monoisotopic (exact) mass is 294 g/mol. The van der Waals surface area contributed by atoms with E-state index < -0.39 is 24.0 Å². The third-order valence-corrected chi connectivity index (χ3v) is 3.23. The Labute approximate surface area is 113 Å². The lowest BCUT2D eigenvalue weighted by Gasteiger charge is -2.17. The zero-order chi connectivity index (χ0) is 14.0. The number of aliphatic hydroxyl groups excluding tert-OH is 1. The number of nitrogens with one attached hydrogen (secondary N) is 1. The Balaban J connectivity index is 2.94. The van der Waals surface area contributed by atoms with Crippen LogP contribution in [0.3, 0.4) is 0 Å². The van der Waals surface area contributed by atoms with Crippen LogP contribution >= 0.6 is 23.2 Å². The highest BCUT2D eigenvalue weighted by atomic mass is 35.5. The fourth-order valence-corrected chi connectivity index (χ4v) is 1.74. The molecule has 100 valence electrons. The highest BCUT2D eigenvalue weighted by molar-refractivity contribution is 6.41. The van der Waals surface area contributed by atoms with Gasteiger partial charge in [0.05, 0.1) is 11.1 Å². The van der Waals surface area contributed by atoms with Gasteiger partial charge in [-0.1, -0.05) is 23.2 Å². The van der Waals surface area contributed by atoms with E-state index >= 15 is 0 Å². The van der Waals surface area contributed by atoms with Crippen molar-refractivity contribution in [2.24, 2.45) is 7.05 Å². The van der Waals surface area contributed by atoms with Gasteiger partial charge in [0.2, 0.25) is 0 Å². The van der Waals surface area contributed by atoms with E-state index in [1.54, 1.807) is 0 Å². The minimum Gasteiger partial charge on any atom is -0.480 e. The standard InChI is InChI=1S/C10H12Cl2N2O4/c1-4(15)7(10(17)18)13-9(16)6-3-5(11)8(12)14(6)2/h3-4,7,15H,1-2H3,(H,13,16)(H,17,18). The Kier molecular flexibility index (Phi) is 4.61. The van der Waals surface area contributed by atoms with E-state index in [1.807, 2.05) is 0 Å². The Hall–Kier alpha value is -1.24. The molecule has 1 rings (SSSR count). The molecular weight excluding hydrogens is 283 g/mol. The molecule has 0 spiro atoms. The van der Waals surface area contributed by atoms with E-state index in [-0.39, 0.29) is 15.9 Å². The van der Waals surface area contributed by atoms with Crippen molar-refractivity contribution in [3.8, 4) is 0 Å². The molecule has 1 heterocycles. The van der Waals surface area contributed by atoms with Crippen molar-refractivity contribution >= 4 is 35.1 Å². The average Bonchev–Trinajstić information content (AvgIpc) is 2.52. The van der Waals surface area contributed by atoms with Crippen LogP contribution in [0.25, 0.3) is 0 Å². The first kappa shape index (κ1) is 14.8. The van der Waals surface area contributed by atoms with Gasteiger partial charge in [0, 0.05) is 7.05 Å². The first-order valence-corrected chi connectivity index (χ1v) is 5.73. The van der Waals surface area contributed by atoms with Gasteiger partial charge in [-0.25, -0.2) is 4.79 Å². The van der Waals surface area contributed by atoms with E-state index in [4.69, 9.17) is 28.3 Å². The van der Waals surface area contributed by atoms with E-state index in [9.17, 15) is 14.7 Å². The number of carbonyl (C=O) groups excluding carboxylic acids is 1. The second kappa shape index (κ2) is 5.60. The molecule has 0 aliphatic carbocycles. The van der Waals surface area contributed by atoms with Gasteiger partial charge in [-0.2, -0.15) is 0 Å². The zero-order valence-electron chi connectivity index (χ0n) is 9.65. The lowest BCUT2D eigenvalue weighted by Crippen LogP contribution is -2.48. The molecule has 8 heteroatoms. The Morgan fingerprint density at radius 3 is 2.33 bits per heavy atom. The van der Waals surface area contributed by atoms with Crippen LogP contribution in [0.1, 0.15) is 17.4 Å². The predicted molar refractivity (Wildman–Crippen MR) is 66.0 cm³/mol. The molecule has 0 saturated heterocycles. The van der Waals surface area contributed by atoms with Gasteiger partial charge in [0.15, 0.2) is 6.04 Å². The summed E-state index contributed by atoms with van der Waals surface area (Å²) < 4.78 is 1.32. The molecule has 0 saturated carbocycles. The molecular formula is C10H12Cl2N2O4. The number of nitrogens with zero attached hydrogens (tertiary/aromatic N) is 1. The molecule has 0 radical (unpaired) electrons. The number of carboxylic acid groups (broad SMARTS) is 1. The lowest BCUT2D eigenvalue weighted by molar-refractivity contribution is -0.141. The van der Waals surface area contributed by atoms with Gasteiger partial charge in [0.1, 0.15) is 10.8 Å². The van der Waals surface area contributed by atoms with Crippen molar-refractivity contribution in [2.75, 3.05) is 0 Å². The Morgan fingerprint density at radius 1 is 1.44 bits per heavy atom. The fraction of sp³-hybridized carbons (Fsp3) is 0.400. The summed E-state index contributed by atoms with van der Waals surface area (Å²) in [6, 6.07) is -0.0786. The third kappa shape index (κ3) is 2.95. The van der Waals surface area contributed by atoms with Crippen molar-refractivity contribution in [3.05, 3.63) is 21.9 Å². The quantitative estimate of drug-likeness (QED) is 0.769. The lowest BCUT2D eigenvalue weighted by atomic mass is 10.2. The number of aromatic nitrogens is 1. The highest BCUT2D eigenvalue weighted by Gasteiger charge is 2.27. The Bertz CT molecular complexity index is 484. The van der Waals surface area contributed by atoms with Crippen molar-refractivity contribution in [1.82, 2.24) is 9.88 Å². The number of hydrogen-bond acceptors (Lipinski definition) is 3. The molecule has 0 bridgehead atoms. The molecule has 0 fully saturated rings. The maximum Gasteiger partial charge on any atom is 0.328 e. The van der Waals surface area contributed by atoms with Crippen LogP contribution in [0.5, 0.6) is 0 Å². The van der Waals surface area contributed by atoms with Gasteiger partial charge in [-0.05, 0) is 13.0 Å². The number of rotatable bonds is 4. The second-order valence-electron chi connectivity index (χ2n) is 3.76. The number of carboxylic acids is 1. The zero-order valence-corrected chi connectivity index (χ0v) is 11.2. The van der Waals surface area contributed by atoms with E-state index in [0.717, 1.165) is 0 Å². The first-order valence-electron chi connectivity index (χ1n) is 4.98. The van der Waals surface area contributed by atoms with E-state index in [2.05, 4.69) is 5.32 Å². The highest BCUT2D eigenvalue weighted by Crippen LogP contribution is 2.25. The fourth-order valence-electron chi connectivity index (χ4n) is 1.36. The predicted octanol–water partition coefficient (Wildman–Crippen LogP) is 0.896.